The summed E-state index contributed by atoms with van der Waals surface area (Å²) in [4.78, 5) is 0. The van der Waals surface area contributed by atoms with Gasteiger partial charge in [0.05, 0.1) is 5.56 Å². The molecule has 0 aliphatic heterocycles. The quantitative estimate of drug-likeness (QED) is 0.610. The Morgan fingerprint density at radius 1 is 1.00 bits per heavy atom. The Morgan fingerprint density at radius 2 is 1.71 bits per heavy atom. The monoisotopic (exact) mass is 358 g/mol. The van der Waals surface area contributed by atoms with E-state index < -0.39 is 11.7 Å². The molecule has 0 saturated carbocycles. The Labute approximate surface area is 129 Å². The van der Waals surface area contributed by atoms with Gasteiger partial charge in [0.2, 0.25) is 0 Å². The molecule has 0 unspecified atom stereocenters. The summed E-state index contributed by atoms with van der Waals surface area (Å²) in [5.74, 6) is 0.257. The predicted octanol–water partition coefficient (Wildman–Crippen LogP) is 6.01. The van der Waals surface area contributed by atoms with Gasteiger partial charge < -0.3 is 4.74 Å². The number of alkyl halides is 4. The lowest BCUT2D eigenvalue weighted by atomic mass is 10.1. The van der Waals surface area contributed by atoms with Gasteiger partial charge in [-0.2, -0.15) is 13.2 Å². The third-order valence-corrected chi connectivity index (χ3v) is 3.71. The molecule has 112 valence electrons. The van der Waals surface area contributed by atoms with Gasteiger partial charge in [0, 0.05) is 5.33 Å². The summed E-state index contributed by atoms with van der Waals surface area (Å²) in [5.41, 5.74) is 1.51. The van der Waals surface area contributed by atoms with Gasteiger partial charge in [-0.1, -0.05) is 34.1 Å². The maximum absolute atomic E-state index is 13.2. The molecule has 21 heavy (non-hydrogen) atoms. The van der Waals surface area contributed by atoms with Crippen LogP contribution in [0.4, 0.5) is 13.2 Å². The summed E-state index contributed by atoms with van der Waals surface area (Å²) in [6.07, 6.45) is -4.45. The van der Waals surface area contributed by atoms with E-state index in [4.69, 9.17) is 4.74 Å². The summed E-state index contributed by atoms with van der Waals surface area (Å²) >= 11 is 3.16. The summed E-state index contributed by atoms with van der Waals surface area (Å²) in [6.45, 7) is 3.67. The second-order valence-corrected chi connectivity index (χ2v) is 5.39. The van der Waals surface area contributed by atoms with Crippen LogP contribution in [0.25, 0.3) is 0 Å². The SMILES string of the molecule is Cc1ccc(C)c(Oc2ccc(CBr)cc2C(F)(F)F)c1. The van der Waals surface area contributed by atoms with E-state index in [1.54, 1.807) is 19.1 Å². The first-order valence-electron chi connectivity index (χ1n) is 6.32. The lowest BCUT2D eigenvalue weighted by Gasteiger charge is -2.16. The lowest BCUT2D eigenvalue weighted by molar-refractivity contribution is -0.138. The fourth-order valence-corrected chi connectivity index (χ4v) is 2.26. The summed E-state index contributed by atoms with van der Waals surface area (Å²) in [6, 6.07) is 9.53. The van der Waals surface area contributed by atoms with E-state index in [9.17, 15) is 13.2 Å². The molecule has 2 aromatic carbocycles. The number of benzene rings is 2. The van der Waals surface area contributed by atoms with Gasteiger partial charge in [0.1, 0.15) is 11.5 Å². The highest BCUT2D eigenvalue weighted by Crippen LogP contribution is 2.39. The highest BCUT2D eigenvalue weighted by atomic mass is 79.9. The number of hydrogen-bond acceptors (Lipinski definition) is 1. The van der Waals surface area contributed by atoms with E-state index in [1.165, 1.54) is 6.07 Å². The maximum atomic E-state index is 13.2. The van der Waals surface area contributed by atoms with Gasteiger partial charge >= 0.3 is 6.18 Å². The summed E-state index contributed by atoms with van der Waals surface area (Å²) in [5, 5.41) is 0.361. The smallest absolute Gasteiger partial charge is 0.419 e. The first-order valence-corrected chi connectivity index (χ1v) is 7.44. The number of ether oxygens (including phenoxy) is 1. The molecule has 0 spiro atoms. The lowest BCUT2D eigenvalue weighted by Crippen LogP contribution is -2.08. The van der Waals surface area contributed by atoms with Crippen LogP contribution in [-0.4, -0.2) is 0 Å². The second kappa shape index (κ2) is 6.10. The largest absolute Gasteiger partial charge is 0.456 e. The Hall–Kier alpha value is -1.49. The van der Waals surface area contributed by atoms with Crippen molar-refractivity contribution >= 4 is 15.9 Å². The van der Waals surface area contributed by atoms with Gasteiger partial charge in [0.25, 0.3) is 0 Å². The average molecular weight is 359 g/mol. The van der Waals surface area contributed by atoms with Crippen LogP contribution in [-0.2, 0) is 11.5 Å². The first kappa shape index (κ1) is 15.9. The molecule has 0 radical (unpaired) electrons. The number of hydrogen-bond donors (Lipinski definition) is 0. The third-order valence-electron chi connectivity index (χ3n) is 3.07. The van der Waals surface area contributed by atoms with Gasteiger partial charge in [-0.25, -0.2) is 0 Å². The van der Waals surface area contributed by atoms with Crippen LogP contribution >= 0.6 is 15.9 Å². The molecule has 0 fully saturated rings. The maximum Gasteiger partial charge on any atom is 0.419 e. The van der Waals surface area contributed by atoms with E-state index in [-0.39, 0.29) is 5.75 Å². The standard InChI is InChI=1S/C16H14BrF3O/c1-10-3-4-11(2)15(7-10)21-14-6-5-12(9-17)8-13(14)16(18,19)20/h3-8H,9H2,1-2H3. The van der Waals surface area contributed by atoms with Gasteiger partial charge in [-0.05, 0) is 48.7 Å². The van der Waals surface area contributed by atoms with Crippen molar-refractivity contribution in [1.82, 2.24) is 0 Å². The van der Waals surface area contributed by atoms with E-state index >= 15 is 0 Å². The first-order chi connectivity index (χ1) is 9.81. The number of aryl methyl sites for hydroxylation is 2. The van der Waals surface area contributed by atoms with Crippen LogP contribution in [0.5, 0.6) is 11.5 Å². The van der Waals surface area contributed by atoms with Crippen molar-refractivity contribution in [2.24, 2.45) is 0 Å². The van der Waals surface area contributed by atoms with E-state index in [2.05, 4.69) is 15.9 Å². The molecule has 0 heterocycles. The van der Waals surface area contributed by atoms with Crippen molar-refractivity contribution < 1.29 is 17.9 Å². The molecule has 0 amide bonds. The van der Waals surface area contributed by atoms with E-state index in [0.717, 1.165) is 17.2 Å². The molecule has 0 aromatic heterocycles. The zero-order chi connectivity index (χ0) is 15.6. The van der Waals surface area contributed by atoms with Crippen LogP contribution in [0.2, 0.25) is 0 Å². The van der Waals surface area contributed by atoms with Crippen molar-refractivity contribution in [1.29, 1.82) is 0 Å². The number of rotatable bonds is 3. The topological polar surface area (TPSA) is 9.23 Å². The molecule has 0 saturated heterocycles. The second-order valence-electron chi connectivity index (χ2n) is 4.83. The highest BCUT2D eigenvalue weighted by Gasteiger charge is 2.34. The van der Waals surface area contributed by atoms with Crippen molar-refractivity contribution in [3.8, 4) is 11.5 Å². The molecule has 0 aliphatic carbocycles. The minimum absolute atomic E-state index is 0.180. The average Bonchev–Trinajstić information content (AvgIpc) is 2.42. The normalized spacial score (nSPS) is 11.5. The molecule has 2 aromatic rings. The van der Waals surface area contributed by atoms with Gasteiger partial charge in [0.15, 0.2) is 0 Å². The van der Waals surface area contributed by atoms with Crippen LogP contribution in [0, 0.1) is 13.8 Å². The molecular weight excluding hydrogens is 345 g/mol. The van der Waals surface area contributed by atoms with Crippen LogP contribution in [0.1, 0.15) is 22.3 Å². The molecule has 0 bridgehead atoms. The van der Waals surface area contributed by atoms with Crippen LogP contribution < -0.4 is 4.74 Å². The zero-order valence-corrected chi connectivity index (χ0v) is 13.2. The van der Waals surface area contributed by atoms with Gasteiger partial charge in [-0.3, -0.25) is 0 Å². The Morgan fingerprint density at radius 3 is 2.33 bits per heavy atom. The van der Waals surface area contributed by atoms with Crippen LogP contribution in [0.3, 0.4) is 0 Å². The van der Waals surface area contributed by atoms with E-state index in [1.807, 2.05) is 19.1 Å². The predicted molar refractivity (Wildman–Crippen MR) is 80.1 cm³/mol. The minimum Gasteiger partial charge on any atom is -0.456 e. The van der Waals surface area contributed by atoms with Crippen molar-refractivity contribution in [3.05, 3.63) is 58.7 Å². The Bertz CT molecular complexity index is 650. The fourth-order valence-electron chi connectivity index (χ4n) is 1.91. The molecule has 1 nitrogen and oxygen atoms in total. The van der Waals surface area contributed by atoms with Crippen molar-refractivity contribution in [3.63, 3.8) is 0 Å². The van der Waals surface area contributed by atoms with Gasteiger partial charge in [-0.15, -0.1) is 0 Å². The summed E-state index contributed by atoms with van der Waals surface area (Å²) in [7, 11) is 0. The third kappa shape index (κ3) is 3.79. The Balaban J connectivity index is 2.46. The molecular formula is C16H14BrF3O. The zero-order valence-electron chi connectivity index (χ0n) is 11.6. The molecule has 0 atom stereocenters. The van der Waals surface area contributed by atoms with Crippen molar-refractivity contribution in [2.45, 2.75) is 25.4 Å². The molecule has 0 aliphatic rings. The summed E-state index contributed by atoms with van der Waals surface area (Å²) < 4.78 is 45.0. The molecule has 5 heteroatoms. The van der Waals surface area contributed by atoms with Crippen LogP contribution in [0.15, 0.2) is 36.4 Å². The molecule has 2 rings (SSSR count). The minimum atomic E-state index is -4.45. The Kier molecular flexibility index (Phi) is 4.61. The van der Waals surface area contributed by atoms with E-state index in [0.29, 0.717) is 16.6 Å². The fraction of sp³-hybridized carbons (Fsp3) is 0.250. The van der Waals surface area contributed by atoms with Crippen molar-refractivity contribution in [2.75, 3.05) is 0 Å². The molecule has 0 N–H and O–H groups in total. The number of halogens is 4. The highest BCUT2D eigenvalue weighted by molar-refractivity contribution is 9.08.